The van der Waals surface area contributed by atoms with Crippen LogP contribution < -0.4 is 10.6 Å². The number of para-hydroxylation sites is 1. The molecule has 3 aromatic rings. The summed E-state index contributed by atoms with van der Waals surface area (Å²) in [6, 6.07) is 8.46. The van der Waals surface area contributed by atoms with Gasteiger partial charge in [0.05, 0.1) is 6.20 Å². The van der Waals surface area contributed by atoms with Gasteiger partial charge in [-0.3, -0.25) is 0 Å². The van der Waals surface area contributed by atoms with Crippen molar-refractivity contribution in [3.05, 3.63) is 48.4 Å². The second-order valence-electron chi connectivity index (χ2n) is 5.03. The number of aryl methyl sites for hydroxylation is 1. The number of hydrogen-bond donors (Lipinski definition) is 1. The lowest BCUT2D eigenvalue weighted by molar-refractivity contribution is 0.760. The van der Waals surface area contributed by atoms with Crippen LogP contribution in [0, 0.1) is 0 Å². The maximum absolute atomic E-state index is 5.92. The van der Waals surface area contributed by atoms with Crippen LogP contribution in [0.3, 0.4) is 0 Å². The average molecular weight is 265 g/mol. The SMILES string of the molecule is Nc1cn2ccnc2c(N2CCCc3ccccc32)n1. The van der Waals surface area contributed by atoms with Crippen molar-refractivity contribution in [1.29, 1.82) is 0 Å². The minimum Gasteiger partial charge on any atom is -0.382 e. The van der Waals surface area contributed by atoms with E-state index in [0.717, 1.165) is 30.9 Å². The highest BCUT2D eigenvalue weighted by Gasteiger charge is 2.21. The van der Waals surface area contributed by atoms with Crippen molar-refractivity contribution in [1.82, 2.24) is 14.4 Å². The summed E-state index contributed by atoms with van der Waals surface area (Å²) in [6.07, 6.45) is 7.68. The molecule has 0 fully saturated rings. The number of anilines is 3. The first-order valence-electron chi connectivity index (χ1n) is 6.77. The third-order valence-corrected chi connectivity index (χ3v) is 3.74. The van der Waals surface area contributed by atoms with Gasteiger partial charge in [0.25, 0.3) is 0 Å². The lowest BCUT2D eigenvalue weighted by atomic mass is 10.0. The number of nitrogens with zero attached hydrogens (tertiary/aromatic N) is 4. The molecule has 1 aliphatic rings. The van der Waals surface area contributed by atoms with E-state index in [2.05, 4.69) is 39.1 Å². The Morgan fingerprint density at radius 1 is 1.20 bits per heavy atom. The third kappa shape index (κ3) is 1.63. The summed E-state index contributed by atoms with van der Waals surface area (Å²) in [4.78, 5) is 11.1. The molecule has 0 atom stereocenters. The molecule has 0 saturated carbocycles. The minimum absolute atomic E-state index is 0.508. The van der Waals surface area contributed by atoms with Crippen LogP contribution in [0.5, 0.6) is 0 Å². The van der Waals surface area contributed by atoms with Gasteiger partial charge in [-0.15, -0.1) is 0 Å². The Morgan fingerprint density at radius 3 is 3.05 bits per heavy atom. The van der Waals surface area contributed by atoms with Gasteiger partial charge in [-0.05, 0) is 24.5 Å². The summed E-state index contributed by atoms with van der Waals surface area (Å²) in [5.74, 6) is 1.34. The number of imidazole rings is 1. The van der Waals surface area contributed by atoms with Crippen molar-refractivity contribution in [3.63, 3.8) is 0 Å². The van der Waals surface area contributed by atoms with Gasteiger partial charge >= 0.3 is 0 Å². The number of hydrogen-bond acceptors (Lipinski definition) is 4. The summed E-state index contributed by atoms with van der Waals surface area (Å²) in [5, 5.41) is 0. The number of fused-ring (bicyclic) bond motifs is 2. The quantitative estimate of drug-likeness (QED) is 0.734. The molecule has 0 spiro atoms. The molecule has 1 aromatic carbocycles. The van der Waals surface area contributed by atoms with Crippen LogP contribution >= 0.6 is 0 Å². The molecule has 4 rings (SSSR count). The van der Waals surface area contributed by atoms with Crippen molar-refractivity contribution in [3.8, 4) is 0 Å². The van der Waals surface area contributed by atoms with Gasteiger partial charge < -0.3 is 15.0 Å². The smallest absolute Gasteiger partial charge is 0.180 e. The zero-order valence-corrected chi connectivity index (χ0v) is 11.0. The molecule has 0 unspecified atom stereocenters. The first kappa shape index (κ1) is 11.3. The first-order chi connectivity index (χ1) is 9.83. The molecule has 2 aromatic heterocycles. The van der Waals surface area contributed by atoms with E-state index < -0.39 is 0 Å². The molecule has 1 aliphatic heterocycles. The molecular formula is C15H15N5. The standard InChI is InChI=1S/C15H15N5/c16-13-10-19-9-7-17-14(19)15(18-13)20-8-3-5-11-4-1-2-6-12(11)20/h1-2,4,6-7,9-10H,3,5,8,16H2. The van der Waals surface area contributed by atoms with Gasteiger partial charge in [0.1, 0.15) is 5.82 Å². The van der Waals surface area contributed by atoms with E-state index in [1.165, 1.54) is 11.3 Å². The Kier molecular flexibility index (Phi) is 2.39. The van der Waals surface area contributed by atoms with Crippen LogP contribution in [-0.4, -0.2) is 20.9 Å². The highest BCUT2D eigenvalue weighted by Crippen LogP contribution is 2.34. The maximum atomic E-state index is 5.92. The van der Waals surface area contributed by atoms with Crippen LogP contribution in [0.4, 0.5) is 17.3 Å². The van der Waals surface area contributed by atoms with Gasteiger partial charge in [-0.2, -0.15) is 0 Å². The topological polar surface area (TPSA) is 59.5 Å². The van der Waals surface area contributed by atoms with Crippen LogP contribution in [0.25, 0.3) is 5.65 Å². The van der Waals surface area contributed by atoms with Crippen molar-refractivity contribution >= 4 is 23.0 Å². The summed E-state index contributed by atoms with van der Waals surface area (Å²) < 4.78 is 1.93. The van der Waals surface area contributed by atoms with Gasteiger partial charge in [0, 0.05) is 24.6 Å². The molecule has 0 saturated heterocycles. The molecule has 0 aliphatic carbocycles. The highest BCUT2D eigenvalue weighted by molar-refractivity contribution is 5.75. The largest absolute Gasteiger partial charge is 0.382 e. The van der Waals surface area contributed by atoms with Crippen molar-refractivity contribution in [2.45, 2.75) is 12.8 Å². The van der Waals surface area contributed by atoms with Crippen LogP contribution in [0.1, 0.15) is 12.0 Å². The van der Waals surface area contributed by atoms with Gasteiger partial charge in [0.15, 0.2) is 11.5 Å². The molecule has 2 N–H and O–H groups in total. The third-order valence-electron chi connectivity index (χ3n) is 3.74. The molecule has 0 amide bonds. The number of aromatic nitrogens is 3. The minimum atomic E-state index is 0.508. The predicted octanol–water partition coefficient (Wildman–Crippen LogP) is 2.40. The summed E-state index contributed by atoms with van der Waals surface area (Å²) >= 11 is 0. The van der Waals surface area contributed by atoms with Crippen molar-refractivity contribution in [2.75, 3.05) is 17.2 Å². The Labute approximate surface area is 116 Å². The van der Waals surface area contributed by atoms with Crippen molar-refractivity contribution < 1.29 is 0 Å². The Hall–Kier alpha value is -2.56. The molecule has 5 heteroatoms. The zero-order chi connectivity index (χ0) is 13.5. The predicted molar refractivity (Wildman–Crippen MR) is 79.2 cm³/mol. The number of nitrogens with two attached hydrogens (primary N) is 1. The van der Waals surface area contributed by atoms with Crippen LogP contribution in [-0.2, 0) is 6.42 Å². The Bertz CT molecular complexity index is 777. The number of rotatable bonds is 1. The molecule has 5 nitrogen and oxygen atoms in total. The fraction of sp³-hybridized carbons (Fsp3) is 0.200. The maximum Gasteiger partial charge on any atom is 0.180 e. The van der Waals surface area contributed by atoms with Gasteiger partial charge in [-0.1, -0.05) is 18.2 Å². The van der Waals surface area contributed by atoms with E-state index in [-0.39, 0.29) is 0 Å². The summed E-state index contributed by atoms with van der Waals surface area (Å²) in [7, 11) is 0. The second kappa shape index (κ2) is 4.23. The second-order valence-corrected chi connectivity index (χ2v) is 5.03. The Balaban J connectivity index is 1.94. The van der Waals surface area contributed by atoms with Crippen LogP contribution in [0.2, 0.25) is 0 Å². The molecule has 3 heterocycles. The molecular weight excluding hydrogens is 250 g/mol. The fourth-order valence-electron chi connectivity index (χ4n) is 2.87. The van der Waals surface area contributed by atoms with Crippen molar-refractivity contribution in [2.24, 2.45) is 0 Å². The highest BCUT2D eigenvalue weighted by atomic mass is 15.2. The molecule has 0 bridgehead atoms. The van der Waals surface area contributed by atoms with Crippen LogP contribution in [0.15, 0.2) is 42.9 Å². The average Bonchev–Trinajstić information content (AvgIpc) is 2.94. The van der Waals surface area contributed by atoms with Gasteiger partial charge in [-0.25, -0.2) is 9.97 Å². The van der Waals surface area contributed by atoms with E-state index >= 15 is 0 Å². The van der Waals surface area contributed by atoms with E-state index in [0.29, 0.717) is 5.82 Å². The first-order valence-corrected chi connectivity index (χ1v) is 6.77. The van der Waals surface area contributed by atoms with E-state index in [9.17, 15) is 0 Å². The van der Waals surface area contributed by atoms with Gasteiger partial charge in [0.2, 0.25) is 0 Å². The summed E-state index contributed by atoms with van der Waals surface area (Å²) in [5.41, 5.74) is 9.33. The summed E-state index contributed by atoms with van der Waals surface area (Å²) in [6.45, 7) is 0.940. The molecule has 20 heavy (non-hydrogen) atoms. The molecule has 0 radical (unpaired) electrons. The lowest BCUT2D eigenvalue weighted by Gasteiger charge is -2.30. The normalized spacial score (nSPS) is 14.5. The molecule has 100 valence electrons. The van der Waals surface area contributed by atoms with E-state index in [1.54, 1.807) is 12.4 Å². The Morgan fingerprint density at radius 2 is 2.10 bits per heavy atom. The number of nitrogen functional groups attached to an aromatic ring is 1. The van der Waals surface area contributed by atoms with E-state index in [1.807, 2.05) is 10.6 Å². The lowest BCUT2D eigenvalue weighted by Crippen LogP contribution is -2.26. The monoisotopic (exact) mass is 265 g/mol. The fourth-order valence-corrected chi connectivity index (χ4v) is 2.87. The number of benzene rings is 1. The zero-order valence-electron chi connectivity index (χ0n) is 11.0. The van der Waals surface area contributed by atoms with E-state index in [4.69, 9.17) is 5.73 Å².